The standard InChI is InChI=1S/C11H5N5OS/c12-6-7-2-3-8(18-7)11-15-10(16-17-11)9-13-4-1-5-14-9/h1-5H. The molecular formula is C11H5N5OS. The van der Waals surface area contributed by atoms with Crippen molar-refractivity contribution in [3.05, 3.63) is 35.5 Å². The Morgan fingerprint density at radius 2 is 2.00 bits per heavy atom. The smallest absolute Gasteiger partial charge is 0.268 e. The maximum Gasteiger partial charge on any atom is 0.268 e. The summed E-state index contributed by atoms with van der Waals surface area (Å²) >= 11 is 1.30. The van der Waals surface area contributed by atoms with Crippen LogP contribution in [0.1, 0.15) is 4.88 Å². The van der Waals surface area contributed by atoms with Gasteiger partial charge in [-0.15, -0.1) is 11.3 Å². The van der Waals surface area contributed by atoms with E-state index in [2.05, 4.69) is 26.2 Å². The van der Waals surface area contributed by atoms with Crippen LogP contribution < -0.4 is 0 Å². The zero-order valence-electron chi connectivity index (χ0n) is 8.94. The molecule has 3 aromatic rings. The number of hydrogen-bond acceptors (Lipinski definition) is 7. The summed E-state index contributed by atoms with van der Waals surface area (Å²) in [5.74, 6) is 1.10. The second-order valence-corrected chi connectivity index (χ2v) is 4.36. The van der Waals surface area contributed by atoms with Crippen molar-refractivity contribution in [1.29, 1.82) is 5.26 Å². The third-order valence-corrected chi connectivity index (χ3v) is 3.10. The second-order valence-electron chi connectivity index (χ2n) is 3.27. The Morgan fingerprint density at radius 3 is 2.72 bits per heavy atom. The zero-order chi connectivity index (χ0) is 12.4. The summed E-state index contributed by atoms with van der Waals surface area (Å²) in [6.07, 6.45) is 3.22. The zero-order valence-corrected chi connectivity index (χ0v) is 9.76. The van der Waals surface area contributed by atoms with E-state index in [1.807, 2.05) is 0 Å². The Morgan fingerprint density at radius 1 is 1.17 bits per heavy atom. The highest BCUT2D eigenvalue weighted by Gasteiger charge is 2.13. The molecule has 0 aliphatic carbocycles. The first-order chi connectivity index (χ1) is 8.86. The number of rotatable bonds is 2. The number of nitriles is 1. The predicted octanol–water partition coefficient (Wildman–Crippen LogP) is 2.13. The van der Waals surface area contributed by atoms with Crippen molar-refractivity contribution in [2.45, 2.75) is 0 Å². The molecule has 0 N–H and O–H groups in total. The monoisotopic (exact) mass is 255 g/mol. The molecule has 0 aliphatic rings. The average Bonchev–Trinajstić information content (AvgIpc) is 3.08. The number of aromatic nitrogens is 4. The summed E-state index contributed by atoms with van der Waals surface area (Å²) < 4.78 is 5.12. The lowest BCUT2D eigenvalue weighted by Crippen LogP contribution is -1.88. The molecule has 0 spiro atoms. The lowest BCUT2D eigenvalue weighted by atomic mass is 10.4. The van der Waals surface area contributed by atoms with Gasteiger partial charge in [0.2, 0.25) is 11.6 Å². The number of nitrogens with zero attached hydrogens (tertiary/aromatic N) is 5. The van der Waals surface area contributed by atoms with E-state index in [1.54, 1.807) is 30.6 Å². The van der Waals surface area contributed by atoms with Gasteiger partial charge in [0.1, 0.15) is 10.9 Å². The van der Waals surface area contributed by atoms with Crippen molar-refractivity contribution >= 4 is 11.3 Å². The molecule has 0 bridgehead atoms. The van der Waals surface area contributed by atoms with Gasteiger partial charge in [0.05, 0.1) is 4.88 Å². The first-order valence-corrected chi connectivity index (χ1v) is 5.80. The van der Waals surface area contributed by atoms with E-state index in [1.165, 1.54) is 11.3 Å². The van der Waals surface area contributed by atoms with Crippen LogP contribution in [0.5, 0.6) is 0 Å². The van der Waals surface area contributed by atoms with Crippen molar-refractivity contribution in [3.8, 4) is 28.5 Å². The molecule has 0 aromatic carbocycles. The van der Waals surface area contributed by atoms with Crippen molar-refractivity contribution in [2.24, 2.45) is 0 Å². The van der Waals surface area contributed by atoms with E-state index in [4.69, 9.17) is 9.78 Å². The third-order valence-electron chi connectivity index (χ3n) is 2.12. The first kappa shape index (κ1) is 10.6. The Labute approximate surface area is 106 Å². The summed E-state index contributed by atoms with van der Waals surface area (Å²) in [5.41, 5.74) is 0. The largest absolute Gasteiger partial charge is 0.333 e. The fraction of sp³-hybridized carbons (Fsp3) is 0. The molecule has 86 valence electrons. The van der Waals surface area contributed by atoms with Crippen LogP contribution in [-0.4, -0.2) is 20.1 Å². The lowest BCUT2D eigenvalue weighted by molar-refractivity contribution is 0.433. The normalized spacial score (nSPS) is 10.2. The molecular weight excluding hydrogens is 250 g/mol. The fourth-order valence-corrected chi connectivity index (χ4v) is 2.07. The fourth-order valence-electron chi connectivity index (χ4n) is 1.34. The van der Waals surface area contributed by atoms with E-state index in [9.17, 15) is 0 Å². The van der Waals surface area contributed by atoms with Crippen molar-refractivity contribution in [1.82, 2.24) is 20.1 Å². The summed E-state index contributed by atoms with van der Waals surface area (Å²) in [6.45, 7) is 0. The van der Waals surface area contributed by atoms with Crippen LogP contribution in [-0.2, 0) is 0 Å². The van der Waals surface area contributed by atoms with Gasteiger partial charge in [-0.3, -0.25) is 0 Å². The van der Waals surface area contributed by atoms with Crippen LogP contribution in [0, 0.1) is 11.3 Å². The van der Waals surface area contributed by atoms with E-state index < -0.39 is 0 Å². The summed E-state index contributed by atoms with van der Waals surface area (Å²) in [7, 11) is 0. The van der Waals surface area contributed by atoms with Gasteiger partial charge in [-0.2, -0.15) is 10.2 Å². The highest BCUT2D eigenvalue weighted by Crippen LogP contribution is 2.27. The van der Waals surface area contributed by atoms with Gasteiger partial charge in [0.15, 0.2) is 0 Å². The molecule has 0 radical (unpaired) electrons. The van der Waals surface area contributed by atoms with Crippen LogP contribution in [0.2, 0.25) is 0 Å². The molecule has 0 unspecified atom stereocenters. The van der Waals surface area contributed by atoms with Gasteiger partial charge in [-0.25, -0.2) is 9.97 Å². The summed E-state index contributed by atoms with van der Waals surface area (Å²) in [4.78, 5) is 13.6. The Bertz CT molecular complexity index is 712. The van der Waals surface area contributed by atoms with E-state index in [-0.39, 0.29) is 0 Å². The maximum atomic E-state index is 8.75. The number of hydrogen-bond donors (Lipinski definition) is 0. The van der Waals surface area contributed by atoms with Gasteiger partial charge in [0, 0.05) is 12.4 Å². The van der Waals surface area contributed by atoms with Crippen LogP contribution in [0.25, 0.3) is 22.4 Å². The third kappa shape index (κ3) is 1.85. The molecule has 3 aromatic heterocycles. The molecule has 6 nitrogen and oxygen atoms in total. The minimum Gasteiger partial charge on any atom is -0.333 e. The topological polar surface area (TPSA) is 88.5 Å². The minimum atomic E-state index is 0.331. The molecule has 3 rings (SSSR count). The van der Waals surface area contributed by atoms with Crippen LogP contribution in [0.15, 0.2) is 35.1 Å². The summed E-state index contributed by atoms with van der Waals surface area (Å²) in [5, 5.41) is 12.6. The molecule has 0 aliphatic heterocycles. The van der Waals surface area contributed by atoms with E-state index in [0.717, 1.165) is 4.88 Å². The second kappa shape index (κ2) is 4.35. The SMILES string of the molecule is N#Cc1ccc(-c2nc(-c3ncccn3)no2)s1. The predicted molar refractivity (Wildman–Crippen MR) is 63.4 cm³/mol. The van der Waals surface area contributed by atoms with E-state index in [0.29, 0.717) is 22.4 Å². The van der Waals surface area contributed by atoms with Crippen molar-refractivity contribution in [3.63, 3.8) is 0 Å². The Balaban J connectivity index is 1.97. The molecule has 0 amide bonds. The van der Waals surface area contributed by atoms with Crippen molar-refractivity contribution in [2.75, 3.05) is 0 Å². The Hall–Kier alpha value is -2.59. The van der Waals surface area contributed by atoms with Gasteiger partial charge in [-0.1, -0.05) is 5.16 Å². The molecule has 0 fully saturated rings. The highest BCUT2D eigenvalue weighted by atomic mass is 32.1. The lowest BCUT2D eigenvalue weighted by Gasteiger charge is -1.88. The van der Waals surface area contributed by atoms with Crippen LogP contribution in [0.4, 0.5) is 0 Å². The van der Waals surface area contributed by atoms with Gasteiger partial charge in [0.25, 0.3) is 5.89 Å². The van der Waals surface area contributed by atoms with Gasteiger partial charge < -0.3 is 4.52 Å². The quantitative estimate of drug-likeness (QED) is 0.696. The Kier molecular flexibility index (Phi) is 2.55. The number of thiophene rings is 1. The molecule has 3 heterocycles. The molecule has 0 atom stereocenters. The van der Waals surface area contributed by atoms with Crippen molar-refractivity contribution < 1.29 is 4.52 Å². The van der Waals surface area contributed by atoms with Gasteiger partial charge >= 0.3 is 0 Å². The van der Waals surface area contributed by atoms with Crippen LogP contribution >= 0.6 is 11.3 Å². The van der Waals surface area contributed by atoms with Crippen LogP contribution in [0.3, 0.4) is 0 Å². The highest BCUT2D eigenvalue weighted by molar-refractivity contribution is 7.15. The van der Waals surface area contributed by atoms with E-state index >= 15 is 0 Å². The minimum absolute atomic E-state index is 0.331. The first-order valence-electron chi connectivity index (χ1n) is 4.98. The molecule has 0 saturated carbocycles. The molecule has 7 heteroatoms. The molecule has 18 heavy (non-hydrogen) atoms. The average molecular weight is 255 g/mol. The van der Waals surface area contributed by atoms with Gasteiger partial charge in [-0.05, 0) is 18.2 Å². The summed E-state index contributed by atoms with van der Waals surface area (Å²) in [6, 6.07) is 7.25. The molecule has 0 saturated heterocycles. The maximum absolute atomic E-state index is 8.75.